The SMILES string of the molecule is CC.CN1CC[n+]2[nH]cc(OCc3ccccc3)c(=O)c2C1=O. The number of likely N-dealkylation sites (N-methyl/N-ethyl adjacent to an activating group) is 1. The molecule has 0 unspecified atom stereocenters. The van der Waals surface area contributed by atoms with Crippen molar-refractivity contribution in [3.63, 3.8) is 0 Å². The number of hydrogen-bond donors (Lipinski definition) is 1. The number of amides is 1. The van der Waals surface area contributed by atoms with Crippen LogP contribution in [0.4, 0.5) is 0 Å². The number of hydrogen-bond acceptors (Lipinski definition) is 3. The van der Waals surface area contributed by atoms with Crippen LogP contribution >= 0.6 is 0 Å². The Morgan fingerprint density at radius 1 is 1.22 bits per heavy atom. The van der Waals surface area contributed by atoms with Crippen LogP contribution in [0, 0.1) is 0 Å². The zero-order valence-corrected chi connectivity index (χ0v) is 13.7. The molecular formula is C17H22N3O3+. The molecular weight excluding hydrogens is 294 g/mol. The highest BCUT2D eigenvalue weighted by Crippen LogP contribution is 2.08. The molecule has 122 valence electrons. The van der Waals surface area contributed by atoms with Gasteiger partial charge in [0.25, 0.3) is 0 Å². The van der Waals surface area contributed by atoms with Crippen molar-refractivity contribution in [1.29, 1.82) is 0 Å². The minimum atomic E-state index is -0.374. The van der Waals surface area contributed by atoms with E-state index in [1.54, 1.807) is 11.7 Å². The summed E-state index contributed by atoms with van der Waals surface area (Å²) in [6, 6.07) is 9.56. The summed E-state index contributed by atoms with van der Waals surface area (Å²) in [6.07, 6.45) is 1.51. The van der Waals surface area contributed by atoms with E-state index in [-0.39, 0.29) is 29.4 Å². The number of nitrogens with one attached hydrogen (secondary N) is 1. The first-order valence-electron chi connectivity index (χ1n) is 7.74. The lowest BCUT2D eigenvalue weighted by atomic mass is 10.2. The highest BCUT2D eigenvalue weighted by molar-refractivity contribution is 5.91. The van der Waals surface area contributed by atoms with Crippen LogP contribution in [0.5, 0.6) is 5.75 Å². The third kappa shape index (κ3) is 3.59. The van der Waals surface area contributed by atoms with Crippen molar-refractivity contribution >= 4 is 5.91 Å². The maximum Gasteiger partial charge on any atom is 0.345 e. The van der Waals surface area contributed by atoms with E-state index in [9.17, 15) is 9.59 Å². The molecule has 1 aliphatic rings. The molecule has 0 atom stereocenters. The van der Waals surface area contributed by atoms with Gasteiger partial charge in [-0.2, -0.15) is 5.10 Å². The molecule has 0 bridgehead atoms. The summed E-state index contributed by atoms with van der Waals surface area (Å²) in [5, 5.41) is 2.93. The van der Waals surface area contributed by atoms with Gasteiger partial charge in [-0.25, -0.2) is 0 Å². The molecule has 0 radical (unpaired) electrons. The summed E-state index contributed by atoms with van der Waals surface area (Å²) in [4.78, 5) is 26.0. The van der Waals surface area contributed by atoms with Crippen LogP contribution < -0.4 is 14.8 Å². The zero-order chi connectivity index (χ0) is 16.8. The van der Waals surface area contributed by atoms with Gasteiger partial charge in [-0.05, 0) is 5.56 Å². The fraction of sp³-hybridized carbons (Fsp3) is 0.353. The summed E-state index contributed by atoms with van der Waals surface area (Å²) >= 11 is 0. The van der Waals surface area contributed by atoms with E-state index >= 15 is 0 Å². The molecule has 1 aromatic heterocycles. The number of carbonyl (C=O) groups excluding carboxylic acids is 1. The molecule has 0 fully saturated rings. The molecule has 1 N–H and O–H groups in total. The standard InChI is InChI=1S/C15H15N3O3.C2H6/c1-17-7-8-18-13(15(17)20)14(19)12(9-16-18)21-10-11-5-3-2-4-6-11;1-2/h2-6,9H,7-8,10H2,1H3;1-2H3/p+1. The summed E-state index contributed by atoms with van der Waals surface area (Å²) in [6.45, 7) is 5.44. The smallest absolute Gasteiger partial charge is 0.345 e. The van der Waals surface area contributed by atoms with E-state index in [1.807, 2.05) is 44.2 Å². The lowest BCUT2D eigenvalue weighted by Crippen LogP contribution is -2.58. The van der Waals surface area contributed by atoms with Crippen molar-refractivity contribution in [2.24, 2.45) is 0 Å². The molecule has 2 aromatic rings. The average Bonchev–Trinajstić information content (AvgIpc) is 2.60. The molecule has 0 spiro atoms. The molecule has 0 saturated heterocycles. The van der Waals surface area contributed by atoms with Crippen molar-refractivity contribution in [2.45, 2.75) is 27.0 Å². The van der Waals surface area contributed by atoms with E-state index in [4.69, 9.17) is 4.74 Å². The van der Waals surface area contributed by atoms with Gasteiger partial charge in [0, 0.05) is 7.05 Å². The van der Waals surface area contributed by atoms with E-state index in [1.165, 1.54) is 11.1 Å². The van der Waals surface area contributed by atoms with Crippen LogP contribution in [0.15, 0.2) is 41.3 Å². The highest BCUT2D eigenvalue weighted by Gasteiger charge is 2.34. The van der Waals surface area contributed by atoms with Crippen molar-refractivity contribution in [1.82, 2.24) is 10.00 Å². The second-order valence-corrected chi connectivity index (χ2v) is 4.97. The first-order valence-corrected chi connectivity index (χ1v) is 7.74. The van der Waals surface area contributed by atoms with Gasteiger partial charge in [0.2, 0.25) is 0 Å². The van der Waals surface area contributed by atoms with Gasteiger partial charge in [0.1, 0.15) is 12.8 Å². The molecule has 2 heterocycles. The first-order chi connectivity index (χ1) is 11.2. The maximum atomic E-state index is 12.4. The van der Waals surface area contributed by atoms with Crippen LogP contribution in [-0.4, -0.2) is 29.5 Å². The molecule has 23 heavy (non-hydrogen) atoms. The molecule has 6 heteroatoms. The average molecular weight is 316 g/mol. The number of ether oxygens (including phenoxy) is 1. The van der Waals surface area contributed by atoms with Gasteiger partial charge in [-0.3, -0.25) is 9.59 Å². The number of nitrogens with zero attached hydrogens (tertiary/aromatic N) is 2. The van der Waals surface area contributed by atoms with Crippen molar-refractivity contribution in [2.75, 3.05) is 13.6 Å². The lowest BCUT2D eigenvalue weighted by molar-refractivity contribution is -0.758. The molecule has 0 aliphatic carbocycles. The van der Waals surface area contributed by atoms with E-state index in [2.05, 4.69) is 5.10 Å². The molecule has 6 nitrogen and oxygen atoms in total. The van der Waals surface area contributed by atoms with E-state index in [0.717, 1.165) is 5.56 Å². The minimum absolute atomic E-state index is 0.120. The van der Waals surface area contributed by atoms with Crippen LogP contribution in [-0.2, 0) is 13.2 Å². The first kappa shape index (κ1) is 16.7. The maximum absolute atomic E-state index is 12.4. The van der Waals surface area contributed by atoms with Crippen molar-refractivity contribution < 1.29 is 14.2 Å². The fourth-order valence-electron chi connectivity index (χ4n) is 2.27. The monoisotopic (exact) mass is 316 g/mol. The van der Waals surface area contributed by atoms with Crippen LogP contribution in [0.25, 0.3) is 0 Å². The Balaban J connectivity index is 0.000000924. The Morgan fingerprint density at radius 3 is 2.61 bits per heavy atom. The van der Waals surface area contributed by atoms with E-state index < -0.39 is 0 Å². The quantitative estimate of drug-likeness (QED) is 0.869. The number of H-pyrrole nitrogens is 1. The number of aromatic nitrogens is 2. The van der Waals surface area contributed by atoms with Crippen molar-refractivity contribution in [3.8, 4) is 5.75 Å². The predicted molar refractivity (Wildman–Crippen MR) is 86.3 cm³/mol. The van der Waals surface area contributed by atoms with Gasteiger partial charge in [0.15, 0.2) is 12.3 Å². The number of rotatable bonds is 3. The number of carbonyl (C=O) groups is 1. The zero-order valence-electron chi connectivity index (χ0n) is 13.7. The Labute approximate surface area is 135 Å². The normalized spacial score (nSPS) is 13.0. The topological polar surface area (TPSA) is 66.3 Å². The van der Waals surface area contributed by atoms with Crippen molar-refractivity contribution in [3.05, 3.63) is 58.0 Å². The largest absolute Gasteiger partial charge is 0.483 e. The molecule has 3 rings (SSSR count). The summed E-state index contributed by atoms with van der Waals surface area (Å²) < 4.78 is 7.11. The van der Waals surface area contributed by atoms with Gasteiger partial charge < -0.3 is 9.64 Å². The van der Waals surface area contributed by atoms with Gasteiger partial charge >= 0.3 is 17.0 Å². The Hall–Kier alpha value is -2.63. The highest BCUT2D eigenvalue weighted by atomic mass is 16.5. The summed E-state index contributed by atoms with van der Waals surface area (Å²) in [5.41, 5.74) is 0.710. The van der Waals surface area contributed by atoms with Gasteiger partial charge in [-0.1, -0.05) is 48.9 Å². The Bertz CT molecular complexity index is 726. The Kier molecular flexibility index (Phi) is 5.51. The summed E-state index contributed by atoms with van der Waals surface area (Å²) in [5.74, 6) is -0.124. The van der Waals surface area contributed by atoms with Gasteiger partial charge in [-0.15, -0.1) is 0 Å². The molecule has 1 aromatic carbocycles. The molecule has 1 amide bonds. The third-order valence-electron chi connectivity index (χ3n) is 3.51. The minimum Gasteiger partial charge on any atom is -0.483 e. The lowest BCUT2D eigenvalue weighted by Gasteiger charge is -2.18. The molecule has 0 saturated carbocycles. The van der Waals surface area contributed by atoms with Crippen LogP contribution in [0.2, 0.25) is 0 Å². The number of aromatic amines is 1. The predicted octanol–water partition coefficient (Wildman–Crippen LogP) is 1.35. The second kappa shape index (κ2) is 7.58. The fourth-order valence-corrected chi connectivity index (χ4v) is 2.27. The summed E-state index contributed by atoms with van der Waals surface area (Å²) in [7, 11) is 1.68. The molecule has 1 aliphatic heterocycles. The number of benzene rings is 1. The van der Waals surface area contributed by atoms with Gasteiger partial charge in [0.05, 0.1) is 6.54 Å². The van der Waals surface area contributed by atoms with Crippen LogP contribution in [0.1, 0.15) is 29.9 Å². The van der Waals surface area contributed by atoms with E-state index in [0.29, 0.717) is 13.1 Å². The number of fused-ring (bicyclic) bond motifs is 1. The Morgan fingerprint density at radius 2 is 1.91 bits per heavy atom. The van der Waals surface area contributed by atoms with Crippen LogP contribution in [0.3, 0.4) is 0 Å². The third-order valence-corrected chi connectivity index (χ3v) is 3.51. The second-order valence-electron chi connectivity index (χ2n) is 4.97.